The molecule has 0 aromatic heterocycles. The summed E-state index contributed by atoms with van der Waals surface area (Å²) in [6.45, 7) is 11.9. The van der Waals surface area contributed by atoms with E-state index in [0.717, 1.165) is 25.2 Å². The van der Waals surface area contributed by atoms with Crippen molar-refractivity contribution < 1.29 is 4.74 Å². The molecule has 3 heteroatoms. The molecule has 3 fully saturated rings. The SMILES string of the molecule is C[C@@H]([C@H]1CC[C@@]2(C)[C@@H]3CC[C@@H]4C(=CC3=CC[C@]12C)CCC1NCOC[C@]14C)N(C)C. The molecule has 168 valence electrons. The largest absolute Gasteiger partial charge is 0.366 e. The summed E-state index contributed by atoms with van der Waals surface area (Å²) >= 11 is 0. The van der Waals surface area contributed by atoms with Crippen molar-refractivity contribution >= 4 is 0 Å². The van der Waals surface area contributed by atoms with Gasteiger partial charge in [0, 0.05) is 17.5 Å². The predicted octanol–water partition coefficient (Wildman–Crippen LogP) is 5.39. The van der Waals surface area contributed by atoms with Gasteiger partial charge in [0.2, 0.25) is 0 Å². The molecule has 0 bridgehead atoms. The highest BCUT2D eigenvalue weighted by molar-refractivity contribution is 5.37. The first-order chi connectivity index (χ1) is 14.2. The van der Waals surface area contributed by atoms with E-state index in [4.69, 9.17) is 4.74 Å². The second-order valence-electron chi connectivity index (χ2n) is 12.3. The highest BCUT2D eigenvalue weighted by atomic mass is 16.5. The van der Waals surface area contributed by atoms with E-state index < -0.39 is 0 Å². The van der Waals surface area contributed by atoms with E-state index in [1.165, 1.54) is 44.9 Å². The van der Waals surface area contributed by atoms with Crippen LogP contribution in [0, 0.1) is 34.0 Å². The molecule has 0 spiro atoms. The van der Waals surface area contributed by atoms with Crippen LogP contribution in [-0.4, -0.2) is 44.4 Å². The van der Waals surface area contributed by atoms with Crippen molar-refractivity contribution in [2.75, 3.05) is 27.4 Å². The molecule has 2 saturated carbocycles. The smallest absolute Gasteiger partial charge is 0.0967 e. The average Bonchev–Trinajstić information content (AvgIpc) is 2.86. The van der Waals surface area contributed by atoms with Crippen molar-refractivity contribution in [3.63, 3.8) is 0 Å². The van der Waals surface area contributed by atoms with Crippen LogP contribution in [0.3, 0.4) is 0 Å². The molecule has 1 aliphatic heterocycles. The highest BCUT2D eigenvalue weighted by Crippen LogP contribution is 2.68. The maximum Gasteiger partial charge on any atom is 0.0967 e. The Morgan fingerprint density at radius 3 is 2.60 bits per heavy atom. The summed E-state index contributed by atoms with van der Waals surface area (Å²) in [6, 6.07) is 1.28. The van der Waals surface area contributed by atoms with E-state index in [0.29, 0.717) is 28.8 Å². The lowest BCUT2D eigenvalue weighted by atomic mass is 9.51. The number of ether oxygens (including phenoxy) is 1. The van der Waals surface area contributed by atoms with Gasteiger partial charge < -0.3 is 9.64 Å². The van der Waals surface area contributed by atoms with Crippen molar-refractivity contribution in [1.29, 1.82) is 0 Å². The van der Waals surface area contributed by atoms with Crippen molar-refractivity contribution in [3.05, 3.63) is 23.3 Å². The van der Waals surface area contributed by atoms with Gasteiger partial charge in [-0.3, -0.25) is 5.32 Å². The zero-order valence-electron chi connectivity index (χ0n) is 20.3. The lowest BCUT2D eigenvalue weighted by Crippen LogP contribution is -2.57. The average molecular weight is 413 g/mol. The molecule has 4 aliphatic carbocycles. The normalized spacial score (nSPS) is 49.2. The van der Waals surface area contributed by atoms with Crippen LogP contribution in [0.4, 0.5) is 0 Å². The van der Waals surface area contributed by atoms with Gasteiger partial charge >= 0.3 is 0 Å². The van der Waals surface area contributed by atoms with Gasteiger partial charge in [0.25, 0.3) is 0 Å². The molecular formula is C27H44N2O. The molecule has 1 saturated heterocycles. The van der Waals surface area contributed by atoms with Gasteiger partial charge in [-0.05, 0) is 100 Å². The minimum atomic E-state index is 0.262. The Balaban J connectivity index is 1.48. The Labute approximate surface area is 184 Å². The van der Waals surface area contributed by atoms with Crippen LogP contribution >= 0.6 is 0 Å². The summed E-state index contributed by atoms with van der Waals surface area (Å²) in [4.78, 5) is 2.46. The lowest BCUT2D eigenvalue weighted by molar-refractivity contribution is -0.0740. The van der Waals surface area contributed by atoms with Crippen molar-refractivity contribution in [2.45, 2.75) is 84.7 Å². The molecule has 5 aliphatic rings. The molecule has 1 unspecified atom stereocenters. The fourth-order valence-corrected chi connectivity index (χ4v) is 8.74. The molecule has 5 rings (SSSR count). The van der Waals surface area contributed by atoms with Crippen LogP contribution in [0.15, 0.2) is 23.3 Å². The molecule has 0 aromatic rings. The van der Waals surface area contributed by atoms with E-state index in [9.17, 15) is 0 Å². The number of fused-ring (bicyclic) bond motifs is 6. The highest BCUT2D eigenvalue weighted by Gasteiger charge is 2.61. The third-order valence-electron chi connectivity index (χ3n) is 11.1. The molecule has 8 atom stereocenters. The summed E-state index contributed by atoms with van der Waals surface area (Å²) in [7, 11) is 4.54. The molecule has 30 heavy (non-hydrogen) atoms. The van der Waals surface area contributed by atoms with Gasteiger partial charge in [-0.25, -0.2) is 0 Å². The molecule has 0 amide bonds. The predicted molar refractivity (Wildman–Crippen MR) is 124 cm³/mol. The number of hydrogen-bond donors (Lipinski definition) is 1. The van der Waals surface area contributed by atoms with E-state index in [1.54, 1.807) is 11.1 Å². The fourth-order valence-electron chi connectivity index (χ4n) is 8.74. The number of allylic oxidation sites excluding steroid dienone is 4. The molecule has 1 heterocycles. The van der Waals surface area contributed by atoms with Crippen LogP contribution in [-0.2, 0) is 4.74 Å². The quantitative estimate of drug-likeness (QED) is 0.658. The first-order valence-electron chi connectivity index (χ1n) is 12.6. The Bertz CT molecular complexity index is 756. The topological polar surface area (TPSA) is 24.5 Å². The van der Waals surface area contributed by atoms with Gasteiger partial charge in [-0.15, -0.1) is 0 Å². The van der Waals surface area contributed by atoms with Gasteiger partial charge in [0.05, 0.1) is 13.3 Å². The van der Waals surface area contributed by atoms with Gasteiger partial charge in [0.1, 0.15) is 0 Å². The van der Waals surface area contributed by atoms with Gasteiger partial charge in [-0.2, -0.15) is 0 Å². The first-order valence-corrected chi connectivity index (χ1v) is 12.6. The second kappa shape index (κ2) is 7.18. The Morgan fingerprint density at radius 1 is 1.07 bits per heavy atom. The summed E-state index contributed by atoms with van der Waals surface area (Å²) in [5, 5.41) is 3.69. The number of nitrogens with zero attached hydrogens (tertiary/aromatic N) is 1. The van der Waals surface area contributed by atoms with Crippen molar-refractivity contribution in [1.82, 2.24) is 10.2 Å². The number of rotatable bonds is 2. The minimum absolute atomic E-state index is 0.262. The van der Waals surface area contributed by atoms with E-state index in [1.807, 2.05) is 0 Å². The monoisotopic (exact) mass is 412 g/mol. The third kappa shape index (κ3) is 2.80. The van der Waals surface area contributed by atoms with Crippen LogP contribution < -0.4 is 5.32 Å². The van der Waals surface area contributed by atoms with Crippen LogP contribution in [0.1, 0.15) is 72.6 Å². The van der Waals surface area contributed by atoms with Crippen LogP contribution in [0.2, 0.25) is 0 Å². The van der Waals surface area contributed by atoms with E-state index in [-0.39, 0.29) is 5.41 Å². The lowest BCUT2D eigenvalue weighted by Gasteiger charge is -2.54. The summed E-state index contributed by atoms with van der Waals surface area (Å²) in [5.74, 6) is 2.21. The Hall–Kier alpha value is -0.640. The Kier molecular flexibility index (Phi) is 5.08. The van der Waals surface area contributed by atoms with Crippen LogP contribution in [0.25, 0.3) is 0 Å². The molecule has 0 aromatic carbocycles. The zero-order valence-corrected chi connectivity index (χ0v) is 20.3. The Morgan fingerprint density at radius 2 is 1.83 bits per heavy atom. The molecule has 3 nitrogen and oxygen atoms in total. The van der Waals surface area contributed by atoms with Crippen molar-refractivity contribution in [2.24, 2.45) is 34.0 Å². The third-order valence-corrected chi connectivity index (χ3v) is 11.1. The minimum Gasteiger partial charge on any atom is -0.366 e. The van der Waals surface area contributed by atoms with Crippen LogP contribution in [0.5, 0.6) is 0 Å². The summed E-state index contributed by atoms with van der Waals surface area (Å²) < 4.78 is 5.96. The first kappa shape index (κ1) is 21.2. The van der Waals surface area contributed by atoms with Crippen molar-refractivity contribution in [3.8, 4) is 0 Å². The van der Waals surface area contributed by atoms with E-state index in [2.05, 4.69) is 64.2 Å². The standard InChI is InChI=1S/C27H44N2O/c1-18(29(5)6)21-12-14-27(4)23-9-8-22-19(15-20(23)11-13-26(21,27)3)7-10-24-25(22,2)16-30-17-28-24/h11,15,18,21-24,28H,7-10,12-14,16-17H2,1-6H3/t18-,21+,22+,23+,24?,25-,26+,27-/m0/s1. The molecule has 0 radical (unpaired) electrons. The van der Waals surface area contributed by atoms with Gasteiger partial charge in [0.15, 0.2) is 0 Å². The summed E-state index contributed by atoms with van der Waals surface area (Å²) in [5.41, 5.74) is 4.53. The zero-order chi connectivity index (χ0) is 21.3. The summed E-state index contributed by atoms with van der Waals surface area (Å²) in [6.07, 6.45) is 14.6. The maximum atomic E-state index is 5.96. The van der Waals surface area contributed by atoms with Gasteiger partial charge in [-0.1, -0.05) is 38.5 Å². The molecular weight excluding hydrogens is 368 g/mol. The second-order valence-corrected chi connectivity index (χ2v) is 12.3. The maximum absolute atomic E-state index is 5.96. The van der Waals surface area contributed by atoms with E-state index >= 15 is 0 Å². The number of nitrogens with one attached hydrogen (secondary N) is 1. The number of hydrogen-bond acceptors (Lipinski definition) is 3. The fraction of sp³-hybridized carbons (Fsp3) is 0.852. The molecule has 1 N–H and O–H groups in total.